The third kappa shape index (κ3) is 4.46. The summed E-state index contributed by atoms with van der Waals surface area (Å²) >= 11 is 9.99. The summed E-state index contributed by atoms with van der Waals surface area (Å²) in [4.78, 5) is 35.4. The molecule has 1 aromatic rings. The summed E-state index contributed by atoms with van der Waals surface area (Å²) in [5.74, 6) is -2.13. The van der Waals surface area contributed by atoms with Gasteiger partial charge in [0, 0.05) is 4.90 Å². The summed E-state index contributed by atoms with van der Waals surface area (Å²) in [6.07, 6.45) is 0. The zero-order valence-electron chi connectivity index (χ0n) is 9.80. The Morgan fingerprint density at radius 2 is 1.68 bits per heavy atom. The van der Waals surface area contributed by atoms with Crippen LogP contribution in [0.3, 0.4) is 0 Å². The summed E-state index contributed by atoms with van der Waals surface area (Å²) in [5, 5.41) is 0.182. The molecule has 0 fully saturated rings. The third-order valence-electron chi connectivity index (χ3n) is 2.16. The maximum atomic E-state index is 12.2. The summed E-state index contributed by atoms with van der Waals surface area (Å²) in [5.41, 5.74) is 10.2. The monoisotopic (exact) mass is 301 g/mol. The molecule has 0 aromatic heterocycles. The van der Waals surface area contributed by atoms with Crippen LogP contribution < -0.4 is 11.5 Å². The lowest BCUT2D eigenvalue weighted by Crippen LogP contribution is -2.43. The van der Waals surface area contributed by atoms with E-state index in [0.717, 1.165) is 4.90 Å². The number of amides is 3. The lowest BCUT2D eigenvalue weighted by atomic mass is 10.2. The van der Waals surface area contributed by atoms with Gasteiger partial charge in [0.2, 0.25) is 11.8 Å². The Bertz CT molecular complexity index is 520. The van der Waals surface area contributed by atoms with Gasteiger partial charge in [-0.1, -0.05) is 11.6 Å². The van der Waals surface area contributed by atoms with E-state index in [9.17, 15) is 14.4 Å². The van der Waals surface area contributed by atoms with Crippen molar-refractivity contribution in [2.45, 2.75) is 4.90 Å². The zero-order valence-corrected chi connectivity index (χ0v) is 11.4. The van der Waals surface area contributed by atoms with E-state index in [1.165, 1.54) is 12.1 Å². The van der Waals surface area contributed by atoms with Gasteiger partial charge in [-0.25, -0.2) is 0 Å². The van der Waals surface area contributed by atoms with Crippen LogP contribution in [0.2, 0.25) is 5.02 Å². The molecule has 19 heavy (non-hydrogen) atoms. The van der Waals surface area contributed by atoms with Gasteiger partial charge in [0.1, 0.15) is 13.1 Å². The van der Waals surface area contributed by atoms with Crippen LogP contribution >= 0.6 is 24.2 Å². The van der Waals surface area contributed by atoms with Crippen molar-refractivity contribution in [2.75, 3.05) is 13.1 Å². The van der Waals surface area contributed by atoms with Crippen LogP contribution in [0, 0.1) is 0 Å². The van der Waals surface area contributed by atoms with Crippen LogP contribution in [0.1, 0.15) is 10.4 Å². The molecule has 0 aliphatic carbocycles. The quantitative estimate of drug-likeness (QED) is 0.668. The van der Waals surface area contributed by atoms with E-state index in [0.29, 0.717) is 4.90 Å². The highest BCUT2D eigenvalue weighted by Gasteiger charge is 2.21. The third-order valence-corrected chi connectivity index (χ3v) is 2.77. The number of carbonyl (C=O) groups is 3. The molecule has 0 unspecified atom stereocenters. The van der Waals surface area contributed by atoms with Crippen molar-refractivity contribution in [3.8, 4) is 0 Å². The van der Waals surface area contributed by atoms with Gasteiger partial charge in [0.15, 0.2) is 0 Å². The minimum Gasteiger partial charge on any atom is -0.368 e. The predicted molar refractivity (Wildman–Crippen MR) is 73.0 cm³/mol. The molecular weight excluding hydrogens is 290 g/mol. The number of carbonyl (C=O) groups excluding carboxylic acids is 3. The van der Waals surface area contributed by atoms with Crippen molar-refractivity contribution in [3.05, 3.63) is 28.8 Å². The van der Waals surface area contributed by atoms with E-state index < -0.39 is 30.8 Å². The molecule has 0 heterocycles. The van der Waals surface area contributed by atoms with Gasteiger partial charge in [-0.2, -0.15) is 0 Å². The number of halogens is 1. The van der Waals surface area contributed by atoms with Crippen LogP contribution in [0.5, 0.6) is 0 Å². The van der Waals surface area contributed by atoms with Gasteiger partial charge in [0.25, 0.3) is 5.91 Å². The minimum atomic E-state index is -0.757. The highest BCUT2D eigenvalue weighted by molar-refractivity contribution is 7.80. The average Bonchev–Trinajstić information content (AvgIpc) is 2.29. The lowest BCUT2D eigenvalue weighted by molar-refractivity contribution is -0.121. The Morgan fingerprint density at radius 1 is 1.16 bits per heavy atom. The Labute approximate surface area is 120 Å². The van der Waals surface area contributed by atoms with Gasteiger partial charge >= 0.3 is 0 Å². The van der Waals surface area contributed by atoms with Crippen molar-refractivity contribution in [2.24, 2.45) is 11.5 Å². The first-order valence-electron chi connectivity index (χ1n) is 5.15. The topological polar surface area (TPSA) is 106 Å². The number of nitrogens with two attached hydrogens (primary N) is 2. The number of nitrogens with zero attached hydrogens (tertiary/aromatic N) is 1. The second-order valence-corrected chi connectivity index (χ2v) is 4.68. The normalized spacial score (nSPS) is 10.0. The molecule has 1 rings (SSSR count). The average molecular weight is 302 g/mol. The van der Waals surface area contributed by atoms with Crippen LogP contribution in [-0.4, -0.2) is 35.7 Å². The highest BCUT2D eigenvalue weighted by atomic mass is 35.5. The van der Waals surface area contributed by atoms with Gasteiger partial charge in [-0.05, 0) is 18.2 Å². The molecule has 6 nitrogen and oxygen atoms in total. The molecule has 4 N–H and O–H groups in total. The maximum Gasteiger partial charge on any atom is 0.256 e. The first-order chi connectivity index (χ1) is 8.81. The lowest BCUT2D eigenvalue weighted by Gasteiger charge is -2.20. The standard InChI is InChI=1S/C11H12ClN3O3S/c12-8-2-1-6(19)3-7(8)11(18)15(4-9(13)16)5-10(14)17/h1-3,19H,4-5H2,(H2,13,16)(H2,14,17). The molecule has 0 saturated carbocycles. The fraction of sp³-hybridized carbons (Fsp3) is 0.182. The summed E-state index contributed by atoms with van der Waals surface area (Å²) in [6.45, 7) is -0.843. The molecule has 1 aromatic carbocycles. The van der Waals surface area contributed by atoms with Gasteiger partial charge in [-0.3, -0.25) is 14.4 Å². The molecule has 0 atom stereocenters. The van der Waals surface area contributed by atoms with Gasteiger partial charge in [0.05, 0.1) is 10.6 Å². The van der Waals surface area contributed by atoms with Crippen LogP contribution in [0.25, 0.3) is 0 Å². The smallest absolute Gasteiger partial charge is 0.256 e. The molecule has 0 bridgehead atoms. The predicted octanol–water partition coefficient (Wildman–Crippen LogP) is 0.0415. The number of hydrogen-bond acceptors (Lipinski definition) is 4. The molecular formula is C11H12ClN3O3S. The Hall–Kier alpha value is -1.73. The summed E-state index contributed by atoms with van der Waals surface area (Å²) in [6, 6.07) is 4.53. The van der Waals surface area contributed by atoms with Crippen molar-refractivity contribution in [1.29, 1.82) is 0 Å². The highest BCUT2D eigenvalue weighted by Crippen LogP contribution is 2.21. The molecule has 0 spiro atoms. The van der Waals surface area contributed by atoms with E-state index >= 15 is 0 Å². The number of benzene rings is 1. The maximum absolute atomic E-state index is 12.2. The number of primary amides is 2. The SMILES string of the molecule is NC(=O)CN(CC(N)=O)C(=O)c1cc(S)ccc1Cl. The van der Waals surface area contributed by atoms with E-state index in [1.807, 2.05) is 0 Å². The molecule has 0 aliphatic heterocycles. The molecule has 0 radical (unpaired) electrons. The van der Waals surface area contributed by atoms with Gasteiger partial charge in [-0.15, -0.1) is 12.6 Å². The Morgan fingerprint density at radius 3 is 2.16 bits per heavy atom. The van der Waals surface area contributed by atoms with Gasteiger partial charge < -0.3 is 16.4 Å². The Balaban J connectivity index is 3.07. The fourth-order valence-electron chi connectivity index (χ4n) is 1.42. The summed E-state index contributed by atoms with van der Waals surface area (Å²) in [7, 11) is 0. The van der Waals surface area contributed by atoms with E-state index in [2.05, 4.69) is 12.6 Å². The number of rotatable bonds is 5. The van der Waals surface area contributed by atoms with E-state index in [4.69, 9.17) is 23.1 Å². The van der Waals surface area contributed by atoms with Crippen LogP contribution in [0.4, 0.5) is 0 Å². The second kappa shape index (κ2) is 6.44. The van der Waals surface area contributed by atoms with E-state index in [-0.39, 0.29) is 10.6 Å². The summed E-state index contributed by atoms with van der Waals surface area (Å²) < 4.78 is 0. The largest absolute Gasteiger partial charge is 0.368 e. The molecule has 0 aliphatic rings. The fourth-order valence-corrected chi connectivity index (χ4v) is 1.83. The molecule has 102 valence electrons. The number of hydrogen-bond donors (Lipinski definition) is 3. The molecule has 0 saturated heterocycles. The molecule has 8 heteroatoms. The van der Waals surface area contributed by atoms with Crippen molar-refractivity contribution in [1.82, 2.24) is 4.90 Å². The molecule has 3 amide bonds. The van der Waals surface area contributed by atoms with Crippen LogP contribution in [-0.2, 0) is 9.59 Å². The number of thiol groups is 1. The van der Waals surface area contributed by atoms with Crippen molar-refractivity contribution in [3.63, 3.8) is 0 Å². The first-order valence-corrected chi connectivity index (χ1v) is 5.98. The van der Waals surface area contributed by atoms with Crippen molar-refractivity contribution >= 4 is 42.0 Å². The first kappa shape index (κ1) is 15.3. The minimum absolute atomic E-state index is 0.122. The van der Waals surface area contributed by atoms with E-state index in [1.54, 1.807) is 6.07 Å². The van der Waals surface area contributed by atoms with Crippen LogP contribution in [0.15, 0.2) is 23.1 Å². The zero-order chi connectivity index (χ0) is 14.6. The second-order valence-electron chi connectivity index (χ2n) is 3.76. The van der Waals surface area contributed by atoms with Crippen molar-refractivity contribution < 1.29 is 14.4 Å². The Kier molecular flexibility index (Phi) is 5.20.